The number of aryl methyl sites for hydroxylation is 1. The van der Waals surface area contributed by atoms with Crippen LogP contribution in [0.4, 0.5) is 5.69 Å². The number of anilines is 1. The van der Waals surface area contributed by atoms with Gasteiger partial charge in [0.1, 0.15) is 12.4 Å². The Morgan fingerprint density at radius 1 is 1.32 bits per heavy atom. The lowest BCUT2D eigenvalue weighted by molar-refractivity contribution is -0.114. The summed E-state index contributed by atoms with van der Waals surface area (Å²) in [4.78, 5) is 13.6. The van der Waals surface area contributed by atoms with Gasteiger partial charge < -0.3 is 15.8 Å². The summed E-state index contributed by atoms with van der Waals surface area (Å²) in [7, 11) is 0. The van der Waals surface area contributed by atoms with Crippen molar-refractivity contribution in [2.24, 2.45) is 5.73 Å². The number of halogens is 2. The van der Waals surface area contributed by atoms with Crippen molar-refractivity contribution >= 4 is 36.4 Å². The molecule has 0 saturated carbocycles. The Balaban J connectivity index is 0.00000220. The number of carbonyl (C=O) groups excluding carboxylic acids is 1. The maximum Gasteiger partial charge on any atom is 0.238 e. The molecule has 1 amide bonds. The minimum atomic E-state index is -0.188. The van der Waals surface area contributed by atoms with E-state index in [0.717, 1.165) is 23.5 Å². The largest absolute Gasteiger partial charge is 0.492 e. The van der Waals surface area contributed by atoms with E-state index < -0.39 is 0 Å². The number of nitrogens with two attached hydrogens (primary N) is 1. The molecule has 1 aliphatic heterocycles. The fourth-order valence-corrected chi connectivity index (χ4v) is 2.39. The molecule has 3 N–H and O–H groups in total. The maximum atomic E-state index is 11.2. The SMILES string of the molecule is Cc1cc(NC(=O)CN)ccc1OCCN1CCCC1.Cl.Cl. The summed E-state index contributed by atoms with van der Waals surface area (Å²) >= 11 is 0. The van der Waals surface area contributed by atoms with Crippen molar-refractivity contribution in [3.05, 3.63) is 23.8 Å². The van der Waals surface area contributed by atoms with E-state index in [-0.39, 0.29) is 37.3 Å². The van der Waals surface area contributed by atoms with Crippen LogP contribution in [0.3, 0.4) is 0 Å². The summed E-state index contributed by atoms with van der Waals surface area (Å²) in [6, 6.07) is 5.63. The lowest BCUT2D eigenvalue weighted by atomic mass is 10.2. The van der Waals surface area contributed by atoms with Crippen LogP contribution in [0.2, 0.25) is 0 Å². The van der Waals surface area contributed by atoms with Crippen molar-refractivity contribution in [3.8, 4) is 5.75 Å². The van der Waals surface area contributed by atoms with Crippen LogP contribution < -0.4 is 15.8 Å². The van der Waals surface area contributed by atoms with Crippen LogP contribution in [0.15, 0.2) is 18.2 Å². The van der Waals surface area contributed by atoms with Crippen molar-refractivity contribution < 1.29 is 9.53 Å². The van der Waals surface area contributed by atoms with E-state index in [1.165, 1.54) is 25.9 Å². The average molecular weight is 350 g/mol. The van der Waals surface area contributed by atoms with Crippen molar-refractivity contribution in [2.75, 3.05) is 38.1 Å². The minimum absolute atomic E-state index is 0. The molecule has 0 radical (unpaired) electrons. The first-order valence-corrected chi connectivity index (χ1v) is 7.15. The summed E-state index contributed by atoms with van der Waals surface area (Å²) in [6.07, 6.45) is 2.60. The smallest absolute Gasteiger partial charge is 0.238 e. The van der Waals surface area contributed by atoms with Crippen molar-refractivity contribution in [1.29, 1.82) is 0 Å². The van der Waals surface area contributed by atoms with Gasteiger partial charge in [0.2, 0.25) is 5.91 Å². The van der Waals surface area contributed by atoms with Gasteiger partial charge in [-0.05, 0) is 56.6 Å². The molecule has 0 bridgehead atoms. The topological polar surface area (TPSA) is 67.6 Å². The van der Waals surface area contributed by atoms with Gasteiger partial charge in [-0.2, -0.15) is 0 Å². The lowest BCUT2D eigenvalue weighted by Crippen LogP contribution is -2.25. The Morgan fingerprint density at radius 3 is 2.59 bits per heavy atom. The van der Waals surface area contributed by atoms with Crippen LogP contribution in [-0.2, 0) is 4.79 Å². The minimum Gasteiger partial charge on any atom is -0.492 e. The zero-order chi connectivity index (χ0) is 14.4. The molecule has 0 aliphatic carbocycles. The predicted octanol–water partition coefficient (Wildman–Crippen LogP) is 2.21. The van der Waals surface area contributed by atoms with Crippen molar-refractivity contribution in [3.63, 3.8) is 0 Å². The molecule has 2 rings (SSSR count). The van der Waals surface area contributed by atoms with Crippen LogP contribution in [0.25, 0.3) is 0 Å². The Labute approximate surface area is 144 Å². The van der Waals surface area contributed by atoms with Gasteiger partial charge in [0, 0.05) is 12.2 Å². The van der Waals surface area contributed by atoms with E-state index >= 15 is 0 Å². The van der Waals surface area contributed by atoms with Gasteiger partial charge in [-0.25, -0.2) is 0 Å². The normalized spacial score (nSPS) is 13.9. The summed E-state index contributed by atoms with van der Waals surface area (Å²) in [6.45, 7) is 6.02. The van der Waals surface area contributed by atoms with Crippen LogP contribution in [-0.4, -0.2) is 43.6 Å². The third kappa shape index (κ3) is 6.40. The highest BCUT2D eigenvalue weighted by atomic mass is 35.5. The maximum absolute atomic E-state index is 11.2. The van der Waals surface area contributed by atoms with Gasteiger partial charge in [0.05, 0.1) is 6.54 Å². The van der Waals surface area contributed by atoms with Gasteiger partial charge in [-0.3, -0.25) is 9.69 Å². The lowest BCUT2D eigenvalue weighted by Gasteiger charge is -2.16. The summed E-state index contributed by atoms with van der Waals surface area (Å²) in [5.41, 5.74) is 7.04. The third-order valence-electron chi connectivity index (χ3n) is 3.51. The zero-order valence-corrected chi connectivity index (χ0v) is 14.5. The van der Waals surface area contributed by atoms with Gasteiger partial charge in [-0.1, -0.05) is 0 Å². The monoisotopic (exact) mass is 349 g/mol. The zero-order valence-electron chi connectivity index (χ0n) is 12.8. The number of nitrogens with one attached hydrogen (secondary N) is 1. The highest BCUT2D eigenvalue weighted by Crippen LogP contribution is 2.22. The standard InChI is InChI=1S/C15H23N3O2.2ClH/c1-12-10-13(17-15(19)11-16)4-5-14(12)20-9-8-18-6-2-3-7-18;;/h4-5,10H,2-3,6-9,11,16H2,1H3,(H,17,19);2*1H. The number of likely N-dealkylation sites (tertiary alicyclic amines) is 1. The van der Waals surface area contributed by atoms with Crippen LogP contribution in [0.5, 0.6) is 5.75 Å². The highest BCUT2D eigenvalue weighted by Gasteiger charge is 2.11. The highest BCUT2D eigenvalue weighted by molar-refractivity contribution is 5.92. The molecule has 126 valence electrons. The molecule has 1 saturated heterocycles. The number of amides is 1. The first-order chi connectivity index (χ1) is 9.69. The van der Waals surface area contributed by atoms with E-state index in [0.29, 0.717) is 6.61 Å². The fraction of sp³-hybridized carbons (Fsp3) is 0.533. The second kappa shape index (κ2) is 10.7. The molecule has 22 heavy (non-hydrogen) atoms. The molecule has 1 heterocycles. The number of hydrogen-bond acceptors (Lipinski definition) is 4. The van der Waals surface area contributed by atoms with Crippen LogP contribution in [0.1, 0.15) is 18.4 Å². The Hall–Kier alpha value is -1.01. The molecule has 5 nitrogen and oxygen atoms in total. The molecule has 0 spiro atoms. The summed E-state index contributed by atoms with van der Waals surface area (Å²) in [5, 5.41) is 2.73. The van der Waals surface area contributed by atoms with Gasteiger partial charge >= 0.3 is 0 Å². The van der Waals surface area contributed by atoms with E-state index in [9.17, 15) is 4.79 Å². The van der Waals surface area contributed by atoms with Crippen LogP contribution in [0, 0.1) is 6.92 Å². The number of carbonyl (C=O) groups is 1. The van der Waals surface area contributed by atoms with Gasteiger partial charge in [0.25, 0.3) is 0 Å². The summed E-state index contributed by atoms with van der Waals surface area (Å²) < 4.78 is 5.81. The Morgan fingerprint density at radius 2 is 2.00 bits per heavy atom. The van der Waals surface area contributed by atoms with E-state index in [1.807, 2.05) is 25.1 Å². The van der Waals surface area contributed by atoms with E-state index in [4.69, 9.17) is 10.5 Å². The average Bonchev–Trinajstić information content (AvgIpc) is 2.94. The van der Waals surface area contributed by atoms with Crippen molar-refractivity contribution in [1.82, 2.24) is 4.90 Å². The van der Waals surface area contributed by atoms with Crippen molar-refractivity contribution in [2.45, 2.75) is 19.8 Å². The van der Waals surface area contributed by atoms with E-state index in [2.05, 4.69) is 10.2 Å². The number of hydrogen-bond donors (Lipinski definition) is 2. The molecular formula is C15H25Cl2N3O2. The first kappa shape index (κ1) is 21.0. The molecule has 1 fully saturated rings. The molecule has 7 heteroatoms. The molecule has 0 aromatic heterocycles. The fourth-order valence-electron chi connectivity index (χ4n) is 2.39. The molecule has 1 aromatic carbocycles. The quantitative estimate of drug-likeness (QED) is 0.826. The van der Waals surface area contributed by atoms with Crippen LogP contribution >= 0.6 is 24.8 Å². The number of benzene rings is 1. The second-order valence-electron chi connectivity index (χ2n) is 5.13. The van der Waals surface area contributed by atoms with Gasteiger partial charge in [0.15, 0.2) is 0 Å². The number of nitrogens with zero attached hydrogens (tertiary/aromatic N) is 1. The third-order valence-corrected chi connectivity index (χ3v) is 3.51. The molecule has 1 aromatic rings. The van der Waals surface area contributed by atoms with Gasteiger partial charge in [-0.15, -0.1) is 24.8 Å². The molecule has 0 unspecified atom stereocenters. The first-order valence-electron chi connectivity index (χ1n) is 7.15. The summed E-state index contributed by atoms with van der Waals surface area (Å²) in [5.74, 6) is 0.682. The molecule has 1 aliphatic rings. The predicted molar refractivity (Wildman–Crippen MR) is 94.5 cm³/mol. The van der Waals surface area contributed by atoms with E-state index in [1.54, 1.807) is 0 Å². The molecular weight excluding hydrogens is 325 g/mol. The number of ether oxygens (including phenoxy) is 1. The Bertz CT molecular complexity index is 466. The second-order valence-corrected chi connectivity index (χ2v) is 5.13. The number of rotatable bonds is 6. The molecule has 0 atom stereocenters. The Kier molecular flexibility index (Phi) is 10.2.